The second-order valence-electron chi connectivity index (χ2n) is 6.72. The Kier molecular flexibility index (Phi) is 18.7. The third-order valence-electron chi connectivity index (χ3n) is 4.01. The molecule has 0 aromatic carbocycles. The first-order valence-corrected chi connectivity index (χ1v) is 10.5. The standard InChI is InChI=1S/C27H36O3/c1-25(26(2)28)23-21-19-17-15-13-11-9-7-5-3-4-6-8-10-12-14-16-18-20-22-24-27(29)30/h3-6,9-13,15-16,18,20,22-23H,7-8,14,17,19,21,24H2,1-2H3,(H,29,30)/b5-3+,6-4+,11-9+,12-10+,15-13+,18-16+,22-20+,25-23+. The number of allylic oxidation sites excluding steroid dienone is 15. The predicted molar refractivity (Wildman–Crippen MR) is 128 cm³/mol. The molecule has 0 spiro atoms. The van der Waals surface area contributed by atoms with E-state index in [1.807, 2.05) is 25.2 Å². The highest BCUT2D eigenvalue weighted by molar-refractivity contribution is 5.92. The van der Waals surface area contributed by atoms with Crippen LogP contribution in [0.1, 0.15) is 58.8 Å². The van der Waals surface area contributed by atoms with Crippen LogP contribution in [0.25, 0.3) is 0 Å². The van der Waals surface area contributed by atoms with Crippen molar-refractivity contribution in [3.8, 4) is 0 Å². The summed E-state index contributed by atoms with van der Waals surface area (Å²) in [5.74, 6) is -0.660. The van der Waals surface area contributed by atoms with Gasteiger partial charge >= 0.3 is 5.97 Å². The highest BCUT2D eigenvalue weighted by Crippen LogP contribution is 2.03. The highest BCUT2D eigenvalue weighted by Gasteiger charge is 1.93. The average Bonchev–Trinajstić information content (AvgIpc) is 2.71. The van der Waals surface area contributed by atoms with Gasteiger partial charge in [-0.05, 0) is 57.9 Å². The van der Waals surface area contributed by atoms with Crippen LogP contribution in [0.15, 0.2) is 96.7 Å². The van der Waals surface area contributed by atoms with Crippen LogP contribution in [-0.2, 0) is 9.59 Å². The minimum absolute atomic E-state index is 0.0623. The average molecular weight is 409 g/mol. The van der Waals surface area contributed by atoms with Crippen LogP contribution in [-0.4, -0.2) is 16.9 Å². The van der Waals surface area contributed by atoms with Gasteiger partial charge in [0.05, 0.1) is 6.42 Å². The summed E-state index contributed by atoms with van der Waals surface area (Å²) in [5, 5.41) is 8.48. The quantitative estimate of drug-likeness (QED) is 0.127. The molecule has 0 radical (unpaired) electrons. The molecule has 0 aliphatic carbocycles. The van der Waals surface area contributed by atoms with Gasteiger partial charge < -0.3 is 5.11 Å². The number of carboxylic acids is 1. The van der Waals surface area contributed by atoms with E-state index in [-0.39, 0.29) is 12.2 Å². The van der Waals surface area contributed by atoms with Gasteiger partial charge in [0.1, 0.15) is 0 Å². The van der Waals surface area contributed by atoms with Gasteiger partial charge in [-0.2, -0.15) is 0 Å². The SMILES string of the molecule is CC(=O)/C(C)=C/CCC/C=C/C=C/C/C=C/C=C/C/C=C/C/C=C/C=C/CC(=O)O. The van der Waals surface area contributed by atoms with Crippen molar-refractivity contribution in [1.82, 2.24) is 0 Å². The molecular weight excluding hydrogens is 372 g/mol. The van der Waals surface area contributed by atoms with Gasteiger partial charge in [-0.15, -0.1) is 0 Å². The Balaban J connectivity index is 3.71. The molecule has 3 heteroatoms. The van der Waals surface area contributed by atoms with Gasteiger partial charge in [0.15, 0.2) is 5.78 Å². The highest BCUT2D eigenvalue weighted by atomic mass is 16.4. The third kappa shape index (κ3) is 21.4. The van der Waals surface area contributed by atoms with E-state index >= 15 is 0 Å². The Morgan fingerprint density at radius 2 is 1.10 bits per heavy atom. The van der Waals surface area contributed by atoms with E-state index in [0.29, 0.717) is 0 Å². The van der Waals surface area contributed by atoms with Crippen molar-refractivity contribution in [3.63, 3.8) is 0 Å². The van der Waals surface area contributed by atoms with E-state index in [1.54, 1.807) is 19.1 Å². The van der Waals surface area contributed by atoms with Crippen LogP contribution in [0.5, 0.6) is 0 Å². The number of aliphatic carboxylic acids is 1. The molecule has 0 bridgehead atoms. The molecule has 0 saturated heterocycles. The van der Waals surface area contributed by atoms with Crippen LogP contribution >= 0.6 is 0 Å². The van der Waals surface area contributed by atoms with Crippen molar-refractivity contribution in [1.29, 1.82) is 0 Å². The summed E-state index contributed by atoms with van der Waals surface area (Å²) in [5.41, 5.74) is 0.854. The number of rotatable bonds is 16. The lowest BCUT2D eigenvalue weighted by atomic mass is 10.1. The molecule has 0 unspecified atom stereocenters. The van der Waals surface area contributed by atoms with Crippen LogP contribution in [0.3, 0.4) is 0 Å². The summed E-state index contributed by atoms with van der Waals surface area (Å²) in [6.07, 6.45) is 36.0. The minimum atomic E-state index is -0.814. The largest absolute Gasteiger partial charge is 0.481 e. The summed E-state index contributed by atoms with van der Waals surface area (Å²) < 4.78 is 0. The maximum Gasteiger partial charge on any atom is 0.307 e. The fourth-order valence-electron chi connectivity index (χ4n) is 2.18. The normalized spacial score (nSPS) is 13.6. The van der Waals surface area contributed by atoms with Gasteiger partial charge in [0.25, 0.3) is 0 Å². The second kappa shape index (κ2) is 20.8. The van der Waals surface area contributed by atoms with Gasteiger partial charge in [0, 0.05) is 0 Å². The number of hydrogen-bond acceptors (Lipinski definition) is 2. The minimum Gasteiger partial charge on any atom is -0.481 e. The van der Waals surface area contributed by atoms with E-state index in [2.05, 4.69) is 60.8 Å². The van der Waals surface area contributed by atoms with Gasteiger partial charge in [-0.25, -0.2) is 0 Å². The lowest BCUT2D eigenvalue weighted by molar-refractivity contribution is -0.136. The Hall–Kier alpha value is -2.94. The lowest BCUT2D eigenvalue weighted by Gasteiger charge is -1.94. The van der Waals surface area contributed by atoms with E-state index in [9.17, 15) is 9.59 Å². The molecule has 0 fully saturated rings. The molecule has 0 rings (SSSR count). The van der Waals surface area contributed by atoms with E-state index in [1.165, 1.54) is 0 Å². The van der Waals surface area contributed by atoms with Crippen molar-refractivity contribution in [2.45, 2.75) is 58.8 Å². The van der Waals surface area contributed by atoms with Gasteiger partial charge in [0.2, 0.25) is 0 Å². The zero-order valence-corrected chi connectivity index (χ0v) is 18.4. The zero-order chi connectivity index (χ0) is 22.3. The fourth-order valence-corrected chi connectivity index (χ4v) is 2.18. The predicted octanol–water partition coefficient (Wildman–Crippen LogP) is 7.23. The number of Topliss-reactive ketones (excluding diaryl/α,β-unsaturated/α-hetero) is 1. The first-order chi connectivity index (χ1) is 14.5. The lowest BCUT2D eigenvalue weighted by Crippen LogP contribution is -1.90. The number of ketones is 1. The number of unbranched alkanes of at least 4 members (excludes halogenated alkanes) is 2. The van der Waals surface area contributed by atoms with Crippen molar-refractivity contribution < 1.29 is 14.7 Å². The maximum absolute atomic E-state index is 11.1. The van der Waals surface area contributed by atoms with Crippen molar-refractivity contribution in [3.05, 3.63) is 96.7 Å². The topological polar surface area (TPSA) is 54.4 Å². The first-order valence-electron chi connectivity index (χ1n) is 10.5. The molecule has 162 valence electrons. The molecule has 30 heavy (non-hydrogen) atoms. The van der Waals surface area contributed by atoms with Crippen LogP contribution in [0.2, 0.25) is 0 Å². The van der Waals surface area contributed by atoms with Crippen LogP contribution < -0.4 is 0 Å². The maximum atomic E-state index is 11.1. The smallest absolute Gasteiger partial charge is 0.307 e. The first kappa shape index (κ1) is 27.1. The molecule has 0 atom stereocenters. The Labute approximate surface area is 182 Å². The molecule has 0 heterocycles. The van der Waals surface area contributed by atoms with Crippen molar-refractivity contribution >= 4 is 11.8 Å². The summed E-state index contributed by atoms with van der Waals surface area (Å²) in [4.78, 5) is 21.4. The third-order valence-corrected chi connectivity index (χ3v) is 4.01. The molecule has 0 saturated carbocycles. The molecule has 0 amide bonds. The number of carbonyl (C=O) groups is 2. The van der Waals surface area contributed by atoms with E-state index in [4.69, 9.17) is 5.11 Å². The molecule has 1 N–H and O–H groups in total. The summed E-state index contributed by atoms with van der Waals surface area (Å²) in [6.45, 7) is 3.47. The zero-order valence-electron chi connectivity index (χ0n) is 18.4. The summed E-state index contributed by atoms with van der Waals surface area (Å²) >= 11 is 0. The summed E-state index contributed by atoms with van der Waals surface area (Å²) in [6, 6.07) is 0. The van der Waals surface area contributed by atoms with E-state index in [0.717, 1.165) is 44.1 Å². The number of carboxylic acid groups (broad SMARTS) is 1. The van der Waals surface area contributed by atoms with Crippen molar-refractivity contribution in [2.24, 2.45) is 0 Å². The Bertz CT molecular complexity index is 710. The number of carbonyl (C=O) groups excluding carboxylic acids is 1. The summed E-state index contributed by atoms with van der Waals surface area (Å²) in [7, 11) is 0. The van der Waals surface area contributed by atoms with Crippen LogP contribution in [0, 0.1) is 0 Å². The molecule has 0 aromatic rings. The molecular formula is C27H36O3. The van der Waals surface area contributed by atoms with Gasteiger partial charge in [-0.3, -0.25) is 9.59 Å². The van der Waals surface area contributed by atoms with Crippen LogP contribution in [0.4, 0.5) is 0 Å². The molecule has 0 aliphatic heterocycles. The Morgan fingerprint density at radius 3 is 1.60 bits per heavy atom. The molecule has 0 aromatic heterocycles. The van der Waals surface area contributed by atoms with Crippen molar-refractivity contribution in [2.75, 3.05) is 0 Å². The molecule has 3 nitrogen and oxygen atoms in total. The van der Waals surface area contributed by atoms with Gasteiger partial charge in [-0.1, -0.05) is 91.1 Å². The fraction of sp³-hybridized carbons (Fsp3) is 0.333. The molecule has 0 aliphatic rings. The monoisotopic (exact) mass is 408 g/mol. The number of hydrogen-bond donors (Lipinski definition) is 1. The van der Waals surface area contributed by atoms with E-state index < -0.39 is 5.97 Å². The second-order valence-corrected chi connectivity index (χ2v) is 6.72. The Morgan fingerprint density at radius 1 is 0.633 bits per heavy atom.